The van der Waals surface area contributed by atoms with Crippen molar-refractivity contribution in [2.75, 3.05) is 7.11 Å². The van der Waals surface area contributed by atoms with Crippen LogP contribution >= 0.6 is 0 Å². The molecule has 0 aromatic heterocycles. The molecule has 4 heteroatoms. The molecule has 1 heterocycles. The van der Waals surface area contributed by atoms with Gasteiger partial charge in [0.25, 0.3) is 0 Å². The molecule has 1 aromatic rings. The number of azo groups is 1. The fourth-order valence-corrected chi connectivity index (χ4v) is 5.76. The molecule has 4 rings (SSSR count). The maximum absolute atomic E-state index is 9.39. The van der Waals surface area contributed by atoms with Crippen molar-refractivity contribution in [1.82, 2.24) is 0 Å². The molecule has 1 aliphatic heterocycles. The van der Waals surface area contributed by atoms with Crippen molar-refractivity contribution >= 4 is 0 Å². The molecule has 0 spiro atoms. The number of benzene rings is 1. The van der Waals surface area contributed by atoms with Crippen LogP contribution in [0.4, 0.5) is 0 Å². The Balaban J connectivity index is 1.96. The van der Waals surface area contributed by atoms with Gasteiger partial charge >= 0.3 is 0 Å². The van der Waals surface area contributed by atoms with Crippen LogP contribution in [0, 0.1) is 28.6 Å². The van der Waals surface area contributed by atoms with E-state index in [1.165, 1.54) is 18.4 Å². The van der Waals surface area contributed by atoms with Crippen molar-refractivity contribution in [2.24, 2.45) is 27.5 Å². The number of hydrogen-bond acceptors (Lipinski definition) is 4. The minimum atomic E-state index is -0.453. The quantitative estimate of drug-likeness (QED) is 0.603. The zero-order valence-corrected chi connectivity index (χ0v) is 14.5. The van der Waals surface area contributed by atoms with Gasteiger partial charge in [0.05, 0.1) is 7.11 Å². The number of ether oxygens (including phenoxy) is 1. The molecule has 4 atom stereocenters. The van der Waals surface area contributed by atoms with Gasteiger partial charge in [-0.2, -0.15) is 15.5 Å². The Morgan fingerprint density at radius 3 is 2.58 bits per heavy atom. The molecule has 124 valence electrons. The molecule has 2 fully saturated rings. The Kier molecular flexibility index (Phi) is 3.16. The van der Waals surface area contributed by atoms with Crippen LogP contribution in [0.5, 0.6) is 0 Å². The Hall–Kier alpha value is -2.15. The van der Waals surface area contributed by atoms with E-state index in [9.17, 15) is 5.26 Å². The van der Waals surface area contributed by atoms with Gasteiger partial charge in [-0.15, -0.1) is 0 Å². The van der Waals surface area contributed by atoms with Crippen LogP contribution in [-0.2, 0) is 10.3 Å². The lowest BCUT2D eigenvalue weighted by Gasteiger charge is -2.40. The maximum Gasteiger partial charge on any atom is 0.195 e. The summed E-state index contributed by atoms with van der Waals surface area (Å²) in [4.78, 5) is 0. The van der Waals surface area contributed by atoms with E-state index in [-0.39, 0.29) is 11.0 Å². The maximum atomic E-state index is 9.39. The molecule has 3 aliphatic rings. The van der Waals surface area contributed by atoms with E-state index in [4.69, 9.17) is 15.0 Å². The van der Waals surface area contributed by atoms with Crippen molar-refractivity contribution in [2.45, 2.75) is 44.2 Å². The number of allylic oxidation sites excluding steroid dienone is 1. The largest absolute Gasteiger partial charge is 0.487 e. The highest BCUT2D eigenvalue weighted by atomic mass is 16.5. The van der Waals surface area contributed by atoms with Crippen LogP contribution in [0.25, 0.3) is 0 Å². The van der Waals surface area contributed by atoms with Crippen LogP contribution in [-0.4, -0.2) is 12.6 Å². The van der Waals surface area contributed by atoms with E-state index in [1.807, 2.05) is 12.1 Å². The Bertz CT molecular complexity index is 761. The van der Waals surface area contributed by atoms with Gasteiger partial charge in [0.1, 0.15) is 17.1 Å². The van der Waals surface area contributed by atoms with Crippen LogP contribution in [0.3, 0.4) is 0 Å². The first kappa shape index (κ1) is 15.4. The van der Waals surface area contributed by atoms with Crippen molar-refractivity contribution in [3.63, 3.8) is 0 Å². The van der Waals surface area contributed by atoms with E-state index < -0.39 is 5.54 Å². The average molecular weight is 321 g/mol. The average Bonchev–Trinajstić information content (AvgIpc) is 3.21. The molecule has 1 aromatic carbocycles. The molecule has 2 aliphatic carbocycles. The summed E-state index contributed by atoms with van der Waals surface area (Å²) in [5.41, 5.74) is 0.294. The highest BCUT2D eigenvalue weighted by Crippen LogP contribution is 2.74. The topological polar surface area (TPSA) is 57.7 Å². The molecule has 0 amide bonds. The molecule has 0 radical (unpaired) electrons. The second kappa shape index (κ2) is 4.92. The highest BCUT2D eigenvalue weighted by Gasteiger charge is 2.77. The number of methoxy groups -OCH3 is 1. The van der Waals surface area contributed by atoms with Gasteiger partial charge in [-0.3, -0.25) is 0 Å². The van der Waals surface area contributed by atoms with Gasteiger partial charge in [0.15, 0.2) is 5.76 Å². The van der Waals surface area contributed by atoms with Crippen molar-refractivity contribution in [3.8, 4) is 6.07 Å². The first-order valence-electron chi connectivity index (χ1n) is 8.70. The van der Waals surface area contributed by atoms with Crippen LogP contribution < -0.4 is 0 Å². The van der Waals surface area contributed by atoms with Crippen LogP contribution in [0.1, 0.15) is 38.7 Å². The first-order valence-corrected chi connectivity index (χ1v) is 8.70. The number of rotatable bonds is 3. The van der Waals surface area contributed by atoms with E-state index >= 15 is 0 Å². The summed E-state index contributed by atoms with van der Waals surface area (Å²) in [6.45, 7) is 4.53. The lowest BCUT2D eigenvalue weighted by Crippen LogP contribution is -2.45. The lowest BCUT2D eigenvalue weighted by molar-refractivity contribution is 0.162. The SMILES string of the molecule is CO/C(C#N)=C\[C@]12N=N[C@@](c3ccccc3)([C@H]3CCC[C@H]31)C2(C)C. The van der Waals surface area contributed by atoms with E-state index in [1.54, 1.807) is 7.11 Å². The molecular formula is C20H23N3O. The Morgan fingerprint density at radius 1 is 1.21 bits per heavy atom. The fraction of sp³-hybridized carbons (Fsp3) is 0.550. The summed E-state index contributed by atoms with van der Waals surface area (Å²) >= 11 is 0. The molecule has 24 heavy (non-hydrogen) atoms. The third-order valence-electron chi connectivity index (χ3n) is 6.84. The van der Waals surface area contributed by atoms with Crippen molar-refractivity contribution < 1.29 is 4.74 Å². The monoisotopic (exact) mass is 321 g/mol. The summed E-state index contributed by atoms with van der Waals surface area (Å²) in [6, 6.07) is 12.8. The second-order valence-electron chi connectivity index (χ2n) is 7.75. The zero-order valence-electron chi connectivity index (χ0n) is 14.5. The van der Waals surface area contributed by atoms with E-state index in [2.05, 4.69) is 44.2 Å². The highest BCUT2D eigenvalue weighted by molar-refractivity contribution is 5.44. The smallest absolute Gasteiger partial charge is 0.195 e. The summed E-state index contributed by atoms with van der Waals surface area (Å²) in [5, 5.41) is 19.1. The van der Waals surface area contributed by atoms with Crippen molar-refractivity contribution in [3.05, 3.63) is 47.7 Å². The summed E-state index contributed by atoms with van der Waals surface area (Å²) in [7, 11) is 1.55. The molecular weight excluding hydrogens is 298 g/mol. The minimum absolute atomic E-state index is 0.197. The molecule has 0 unspecified atom stereocenters. The number of nitriles is 1. The van der Waals surface area contributed by atoms with Gasteiger partial charge in [-0.25, -0.2) is 0 Å². The number of hydrogen-bond donors (Lipinski definition) is 0. The number of nitrogens with zero attached hydrogens (tertiary/aromatic N) is 3. The second-order valence-corrected chi connectivity index (χ2v) is 7.75. The van der Waals surface area contributed by atoms with Crippen molar-refractivity contribution in [1.29, 1.82) is 5.26 Å². The summed E-state index contributed by atoms with van der Waals surface area (Å²) in [6.07, 6.45) is 5.47. The van der Waals surface area contributed by atoms with Gasteiger partial charge in [-0.05, 0) is 36.3 Å². The van der Waals surface area contributed by atoms with Crippen LogP contribution in [0.2, 0.25) is 0 Å². The molecule has 2 saturated carbocycles. The third kappa shape index (κ3) is 1.53. The van der Waals surface area contributed by atoms with Gasteiger partial charge < -0.3 is 4.74 Å². The third-order valence-corrected chi connectivity index (χ3v) is 6.84. The van der Waals surface area contributed by atoms with Gasteiger partial charge in [0.2, 0.25) is 0 Å². The lowest BCUT2D eigenvalue weighted by atomic mass is 9.63. The number of fused-ring (bicyclic) bond motifs is 5. The predicted octanol–water partition coefficient (Wildman–Crippen LogP) is 4.60. The normalized spacial score (nSPS) is 38.8. The molecule has 0 saturated heterocycles. The van der Waals surface area contributed by atoms with E-state index in [0.717, 1.165) is 6.42 Å². The minimum Gasteiger partial charge on any atom is -0.487 e. The predicted molar refractivity (Wildman–Crippen MR) is 91.0 cm³/mol. The van der Waals surface area contributed by atoms with E-state index in [0.29, 0.717) is 17.6 Å². The van der Waals surface area contributed by atoms with Gasteiger partial charge in [-0.1, -0.05) is 50.6 Å². The Morgan fingerprint density at radius 2 is 1.92 bits per heavy atom. The Labute approximate surface area is 143 Å². The first-order chi connectivity index (χ1) is 11.5. The standard InChI is InChI=1S/C20H23N3O/c1-18(2)19(12-15(13-21)24-3)16-10-7-11-17(16)20(18,23-22-19)14-8-5-4-6-9-14/h4-6,8-9,12,16-17H,7,10-11H2,1-3H3/b15-12-/t16-,17+,19+,20+/m1/s1. The summed E-state index contributed by atoms with van der Waals surface area (Å²) in [5.74, 6) is 1.24. The molecule has 4 nitrogen and oxygen atoms in total. The van der Waals surface area contributed by atoms with Gasteiger partial charge in [0, 0.05) is 5.41 Å². The summed E-state index contributed by atoms with van der Waals surface area (Å²) < 4.78 is 5.29. The fourth-order valence-electron chi connectivity index (χ4n) is 5.76. The molecule has 0 N–H and O–H groups in total. The van der Waals surface area contributed by atoms with Crippen LogP contribution in [0.15, 0.2) is 52.4 Å². The zero-order chi connectivity index (χ0) is 17.0. The molecule has 2 bridgehead atoms.